The fourth-order valence-corrected chi connectivity index (χ4v) is 7.12. The van der Waals surface area contributed by atoms with Gasteiger partial charge >= 0.3 is 65.1 Å². The molecule has 0 saturated heterocycles. The van der Waals surface area contributed by atoms with Crippen LogP contribution < -0.4 is 122 Å². The van der Waals surface area contributed by atoms with Crippen LogP contribution in [0.1, 0.15) is 52.8 Å². The van der Waals surface area contributed by atoms with Crippen molar-refractivity contribution in [2.24, 2.45) is 14.1 Å². The molecule has 0 spiro atoms. The van der Waals surface area contributed by atoms with E-state index in [-0.39, 0.29) is 117 Å². The summed E-state index contributed by atoms with van der Waals surface area (Å²) in [7, 11) is 3.20. The van der Waals surface area contributed by atoms with Crippen LogP contribution in [0.3, 0.4) is 0 Å². The molecule has 4 aromatic carbocycles. The van der Waals surface area contributed by atoms with Gasteiger partial charge in [0.25, 0.3) is 23.6 Å². The summed E-state index contributed by atoms with van der Waals surface area (Å²) in [6.45, 7) is -2.26. The molecular weight excluding hydrogens is 1030 g/mol. The number of carboxylic acid groups (broad SMARTS) is 2. The first kappa shape index (κ1) is 62.0. The van der Waals surface area contributed by atoms with E-state index in [4.69, 9.17) is 0 Å². The third-order valence-corrected chi connectivity index (χ3v) is 10.6. The van der Waals surface area contributed by atoms with E-state index >= 15 is 0 Å². The number of anilines is 6. The monoisotopic (exact) mass is 1080 g/mol. The normalized spacial score (nSPS) is 10.2. The molecule has 0 aliphatic rings. The Labute approximate surface area is 488 Å². The molecular formula is C51H48N12Na2O13. The third kappa shape index (κ3) is 19.5. The molecule has 27 heteroatoms. The van der Waals surface area contributed by atoms with Crippen LogP contribution in [-0.4, -0.2) is 101 Å². The Kier molecular flexibility index (Phi) is 23.5. The number of nitrogens with zero attached hydrogens (tertiary/aromatic N) is 2. The number of urea groups is 1. The molecule has 0 aliphatic carbocycles. The van der Waals surface area contributed by atoms with Crippen LogP contribution in [0.5, 0.6) is 0 Å². The summed E-state index contributed by atoms with van der Waals surface area (Å²) < 4.78 is 2.99. The van der Waals surface area contributed by atoms with Crippen molar-refractivity contribution in [2.45, 2.75) is 12.8 Å². The zero-order valence-corrected chi connectivity index (χ0v) is 46.5. The second kappa shape index (κ2) is 29.6. The van der Waals surface area contributed by atoms with E-state index in [0.717, 1.165) is 0 Å². The summed E-state index contributed by atoms with van der Waals surface area (Å²) in [5, 5.41) is 46.2. The van der Waals surface area contributed by atoms with Crippen molar-refractivity contribution in [3.63, 3.8) is 0 Å². The molecule has 78 heavy (non-hydrogen) atoms. The van der Waals surface area contributed by atoms with Gasteiger partial charge in [0.05, 0.1) is 62.3 Å². The molecule has 10 amide bonds. The predicted molar refractivity (Wildman–Crippen MR) is 271 cm³/mol. The summed E-state index contributed by atoms with van der Waals surface area (Å²) >= 11 is 0. The van der Waals surface area contributed by atoms with Crippen LogP contribution in [0.2, 0.25) is 0 Å². The van der Waals surface area contributed by atoms with Crippen molar-refractivity contribution in [2.75, 3.05) is 58.1 Å². The van der Waals surface area contributed by atoms with Gasteiger partial charge in [0.1, 0.15) is 11.4 Å². The number of carbonyl (C=O) groups excluding carboxylic acids is 11. The first-order valence-corrected chi connectivity index (χ1v) is 22.8. The summed E-state index contributed by atoms with van der Waals surface area (Å²) in [6.07, 6.45) is 2.77. The Morgan fingerprint density at radius 1 is 0.385 bits per heavy atom. The zero-order valence-electron chi connectivity index (χ0n) is 42.5. The number of amides is 10. The molecule has 392 valence electrons. The smallest absolute Gasteiger partial charge is 0.548 e. The van der Waals surface area contributed by atoms with Gasteiger partial charge in [-0.2, -0.15) is 0 Å². The molecule has 0 bridgehead atoms. The molecule has 0 saturated carbocycles. The van der Waals surface area contributed by atoms with Gasteiger partial charge < -0.3 is 82.1 Å². The molecule has 6 aromatic rings. The first-order chi connectivity index (χ1) is 36.3. The second-order valence-electron chi connectivity index (χ2n) is 16.6. The number of carboxylic acids is 2. The standard InChI is InChI=1S/C51H50N12O13.2Na/c1-62-27-37(21-39(62)49(74)56-33-11-3-7-29(15-33)17-41(64)52-23-43(66)54-25-45(68)69)58-47(72)31-9-5-13-35(19-31)60-51(76)61-36-14-6-10-32(20-36)48(73)59-38-22-40(63(2)28-38)50(75)57-34-12-4-8-30(16-34)18-42(65)53-24-44(67)55-26-46(70)71;;/h3-16,19-22,27-28H,17-18,23-26H2,1-2H3,(H,52,64)(H,53,65)(H,54,66)(H,55,67)(H,56,74)(H,57,75)(H,58,72)(H,59,73)(H,68,69)(H,70,71)(H2,60,61,76);;/q;2*+1/p-2. The fraction of sp³-hybridized carbons (Fsp3) is 0.157. The predicted octanol–water partition coefficient (Wildman–Crippen LogP) is -5.93. The summed E-state index contributed by atoms with van der Waals surface area (Å²) in [5.41, 5.74) is 3.51. The van der Waals surface area contributed by atoms with E-state index in [2.05, 4.69) is 53.2 Å². The van der Waals surface area contributed by atoms with E-state index in [9.17, 15) is 63.0 Å². The van der Waals surface area contributed by atoms with Crippen molar-refractivity contribution >= 4 is 99.4 Å². The number of nitrogens with one attached hydrogen (secondary N) is 10. The Morgan fingerprint density at radius 3 is 1.09 bits per heavy atom. The van der Waals surface area contributed by atoms with E-state index < -0.39 is 91.4 Å². The van der Waals surface area contributed by atoms with Crippen LogP contribution in [0, 0.1) is 0 Å². The topological polar surface area (TPSA) is 364 Å². The van der Waals surface area contributed by atoms with Crippen LogP contribution in [0.25, 0.3) is 0 Å². The van der Waals surface area contributed by atoms with Gasteiger partial charge in [0.2, 0.25) is 23.6 Å². The van der Waals surface area contributed by atoms with E-state index in [1.807, 2.05) is 0 Å². The quantitative estimate of drug-likeness (QED) is 0.0284. The van der Waals surface area contributed by atoms with E-state index in [0.29, 0.717) is 22.5 Å². The van der Waals surface area contributed by atoms with Gasteiger partial charge in [0, 0.05) is 60.4 Å². The van der Waals surface area contributed by atoms with Gasteiger partial charge in [-0.25, -0.2) is 4.79 Å². The molecule has 25 nitrogen and oxygen atoms in total. The van der Waals surface area contributed by atoms with Crippen LogP contribution in [0.4, 0.5) is 38.9 Å². The van der Waals surface area contributed by atoms with Crippen molar-refractivity contribution in [3.8, 4) is 0 Å². The second-order valence-corrected chi connectivity index (χ2v) is 16.6. The third-order valence-electron chi connectivity index (χ3n) is 10.6. The molecule has 0 unspecified atom stereocenters. The van der Waals surface area contributed by atoms with Gasteiger partial charge in [0.15, 0.2) is 0 Å². The summed E-state index contributed by atoms with van der Waals surface area (Å²) in [6, 6.07) is 27.2. The van der Waals surface area contributed by atoms with Gasteiger partial charge in [-0.3, -0.25) is 38.4 Å². The molecule has 2 heterocycles. The van der Waals surface area contributed by atoms with Crippen LogP contribution in [-0.2, 0) is 55.7 Å². The molecule has 0 aliphatic heterocycles. The van der Waals surface area contributed by atoms with E-state index in [1.54, 1.807) is 86.9 Å². The van der Waals surface area contributed by atoms with Crippen molar-refractivity contribution in [1.29, 1.82) is 0 Å². The number of hydrogen-bond acceptors (Lipinski definition) is 13. The van der Waals surface area contributed by atoms with Gasteiger partial charge in [-0.05, 0) is 83.9 Å². The zero-order chi connectivity index (χ0) is 54.9. The summed E-state index contributed by atoms with van der Waals surface area (Å²) in [5.74, 6) is -7.56. The first-order valence-electron chi connectivity index (χ1n) is 22.8. The van der Waals surface area contributed by atoms with E-state index in [1.165, 1.54) is 57.9 Å². The summed E-state index contributed by atoms with van der Waals surface area (Å²) in [4.78, 5) is 135. The number of aliphatic carboxylic acids is 2. The number of hydrogen-bond donors (Lipinski definition) is 10. The maximum Gasteiger partial charge on any atom is 1.00 e. The SMILES string of the molecule is Cn1cc(NC(=O)c2cccc(NC(=O)Nc3cccc(C(=O)Nc4cc(C(=O)Nc5cccc(CC(=O)NCC(=O)NCC(=O)[O-])c5)n(C)c4)c3)c2)cc1C(=O)Nc1cccc(CC(=O)NCC(=O)NCC(=O)[O-])c1.[Na+].[Na+]. The van der Waals surface area contributed by atoms with Crippen molar-refractivity contribution in [1.82, 2.24) is 30.4 Å². The number of rotatable bonds is 22. The number of benzene rings is 4. The average Bonchev–Trinajstić information content (AvgIpc) is 3.94. The average molecular weight is 1080 g/mol. The Bertz CT molecular complexity index is 3060. The Hall–Kier alpha value is -8.59. The van der Waals surface area contributed by atoms with Crippen molar-refractivity contribution < 1.29 is 122 Å². The minimum atomic E-state index is -1.47. The minimum Gasteiger partial charge on any atom is -0.548 e. The maximum absolute atomic E-state index is 13.3. The fourth-order valence-electron chi connectivity index (χ4n) is 7.12. The number of aryl methyl sites for hydroxylation is 2. The molecule has 10 N–H and O–H groups in total. The molecule has 2 aromatic heterocycles. The van der Waals surface area contributed by atoms with Crippen LogP contribution in [0.15, 0.2) is 122 Å². The number of carbonyl (C=O) groups is 11. The molecule has 0 fully saturated rings. The molecule has 6 rings (SSSR count). The minimum absolute atomic E-state index is 0. The van der Waals surface area contributed by atoms with Crippen molar-refractivity contribution in [3.05, 3.63) is 155 Å². The Balaban J connectivity index is 0.00000656. The molecule has 0 radical (unpaired) electrons. The maximum atomic E-state index is 13.3. The Morgan fingerprint density at radius 2 is 0.718 bits per heavy atom. The van der Waals surface area contributed by atoms with Gasteiger partial charge in [-0.15, -0.1) is 0 Å². The van der Waals surface area contributed by atoms with Gasteiger partial charge in [-0.1, -0.05) is 36.4 Å². The molecule has 0 atom stereocenters. The largest absolute Gasteiger partial charge is 1.00 e. The van der Waals surface area contributed by atoms with Crippen LogP contribution >= 0.6 is 0 Å². The number of aromatic nitrogens is 2.